The fourth-order valence-electron chi connectivity index (χ4n) is 2.94. The number of benzene rings is 1. The van der Waals surface area contributed by atoms with Crippen molar-refractivity contribution in [3.05, 3.63) is 60.2 Å². The lowest BCUT2D eigenvalue weighted by Crippen LogP contribution is -2.40. The number of nitrogens with zero attached hydrogens (tertiary/aromatic N) is 2. The predicted octanol–water partition coefficient (Wildman–Crippen LogP) is 3.07. The van der Waals surface area contributed by atoms with Crippen LogP contribution in [0.15, 0.2) is 48.8 Å². The zero-order valence-electron chi connectivity index (χ0n) is 12.9. The molecule has 1 fully saturated rings. The number of halogens is 1. The number of nitrogens with one attached hydrogen (secondary N) is 1. The molecule has 1 saturated heterocycles. The molecule has 3 rings (SSSR count). The number of amides is 1. The van der Waals surface area contributed by atoms with Crippen molar-refractivity contribution >= 4 is 11.6 Å². The van der Waals surface area contributed by atoms with Crippen LogP contribution < -0.4 is 5.32 Å². The first-order chi connectivity index (χ1) is 11.2. The predicted molar refractivity (Wildman–Crippen MR) is 87.3 cm³/mol. The average Bonchev–Trinajstić information content (AvgIpc) is 2.58. The van der Waals surface area contributed by atoms with E-state index in [1.807, 2.05) is 6.07 Å². The fraction of sp³-hybridized carbons (Fsp3) is 0.333. The molecule has 0 aliphatic carbocycles. The van der Waals surface area contributed by atoms with E-state index in [4.69, 9.17) is 0 Å². The van der Waals surface area contributed by atoms with Gasteiger partial charge < -0.3 is 5.32 Å². The molecule has 5 heteroatoms. The molecule has 1 atom stereocenters. The highest BCUT2D eigenvalue weighted by atomic mass is 19.1. The van der Waals surface area contributed by atoms with Gasteiger partial charge in [-0.2, -0.15) is 0 Å². The number of pyridine rings is 1. The number of hydrogen-bond acceptors (Lipinski definition) is 3. The number of likely N-dealkylation sites (tertiary alicyclic amines) is 1. The first kappa shape index (κ1) is 15.6. The molecule has 0 spiro atoms. The van der Waals surface area contributed by atoms with Crippen molar-refractivity contribution in [2.75, 3.05) is 18.4 Å². The molecular weight excluding hydrogens is 293 g/mol. The van der Waals surface area contributed by atoms with Crippen molar-refractivity contribution in [2.24, 2.45) is 5.92 Å². The van der Waals surface area contributed by atoms with E-state index in [1.165, 1.54) is 12.1 Å². The molecule has 23 heavy (non-hydrogen) atoms. The second-order valence-corrected chi connectivity index (χ2v) is 5.93. The average molecular weight is 313 g/mol. The summed E-state index contributed by atoms with van der Waals surface area (Å²) in [6.45, 7) is 2.44. The normalized spacial score (nSPS) is 18.6. The summed E-state index contributed by atoms with van der Waals surface area (Å²) in [7, 11) is 0. The van der Waals surface area contributed by atoms with Crippen molar-refractivity contribution in [1.29, 1.82) is 0 Å². The van der Waals surface area contributed by atoms with E-state index in [2.05, 4.69) is 15.2 Å². The van der Waals surface area contributed by atoms with E-state index >= 15 is 0 Å². The summed E-state index contributed by atoms with van der Waals surface area (Å²) in [6, 6.07) is 10.2. The molecule has 1 unspecified atom stereocenters. The maximum atomic E-state index is 13.0. The summed E-state index contributed by atoms with van der Waals surface area (Å²) >= 11 is 0. The minimum atomic E-state index is -0.221. The molecule has 120 valence electrons. The lowest BCUT2D eigenvalue weighted by molar-refractivity contribution is -0.121. The molecule has 1 aromatic carbocycles. The molecule has 1 amide bonds. The Morgan fingerprint density at radius 3 is 2.87 bits per heavy atom. The Kier molecular flexibility index (Phi) is 4.98. The third-order valence-electron chi connectivity index (χ3n) is 4.12. The summed E-state index contributed by atoms with van der Waals surface area (Å²) in [4.78, 5) is 18.7. The van der Waals surface area contributed by atoms with Crippen molar-refractivity contribution in [1.82, 2.24) is 9.88 Å². The Morgan fingerprint density at radius 1 is 1.30 bits per heavy atom. The van der Waals surface area contributed by atoms with E-state index in [0.29, 0.717) is 0 Å². The Labute approximate surface area is 135 Å². The quantitative estimate of drug-likeness (QED) is 0.943. The van der Waals surface area contributed by atoms with E-state index in [0.717, 1.165) is 43.7 Å². The number of hydrogen-bond donors (Lipinski definition) is 1. The summed E-state index contributed by atoms with van der Waals surface area (Å²) in [5.74, 6) is -0.202. The van der Waals surface area contributed by atoms with Crippen LogP contribution in [0, 0.1) is 11.7 Å². The molecule has 2 heterocycles. The standard InChI is InChI=1S/C18H20FN3O/c19-16-7-5-14(6-8-16)12-22-10-2-3-15(13-22)18(23)21-17-4-1-9-20-11-17/h1,4-9,11,15H,2-3,10,12-13H2,(H,21,23). The van der Waals surface area contributed by atoms with Gasteiger partial charge >= 0.3 is 0 Å². The van der Waals surface area contributed by atoms with Crippen LogP contribution in [0.4, 0.5) is 10.1 Å². The Balaban J connectivity index is 1.57. The van der Waals surface area contributed by atoms with Gasteiger partial charge in [0.15, 0.2) is 0 Å². The highest BCUT2D eigenvalue weighted by Gasteiger charge is 2.25. The molecule has 1 N–H and O–H groups in total. The van der Waals surface area contributed by atoms with Gasteiger partial charge in [0.1, 0.15) is 5.82 Å². The van der Waals surface area contributed by atoms with Crippen LogP contribution in [-0.4, -0.2) is 28.9 Å². The van der Waals surface area contributed by atoms with Crippen LogP contribution >= 0.6 is 0 Å². The van der Waals surface area contributed by atoms with E-state index in [1.54, 1.807) is 30.6 Å². The second kappa shape index (κ2) is 7.33. The molecule has 0 radical (unpaired) electrons. The van der Waals surface area contributed by atoms with Gasteiger partial charge in [0, 0.05) is 19.3 Å². The molecule has 2 aromatic rings. The first-order valence-electron chi connectivity index (χ1n) is 7.88. The largest absolute Gasteiger partial charge is 0.324 e. The Hall–Kier alpha value is -2.27. The minimum Gasteiger partial charge on any atom is -0.324 e. The second-order valence-electron chi connectivity index (χ2n) is 5.93. The van der Waals surface area contributed by atoms with Gasteiger partial charge in [0.25, 0.3) is 0 Å². The molecule has 4 nitrogen and oxygen atoms in total. The van der Waals surface area contributed by atoms with Gasteiger partial charge in [0.05, 0.1) is 17.8 Å². The zero-order chi connectivity index (χ0) is 16.1. The molecule has 1 aliphatic rings. The molecule has 1 aliphatic heterocycles. The van der Waals surface area contributed by atoms with Crippen LogP contribution in [0.2, 0.25) is 0 Å². The minimum absolute atomic E-state index is 0.0237. The summed E-state index contributed by atoms with van der Waals surface area (Å²) in [6.07, 6.45) is 5.22. The van der Waals surface area contributed by atoms with Crippen molar-refractivity contribution in [2.45, 2.75) is 19.4 Å². The monoisotopic (exact) mass is 313 g/mol. The smallest absolute Gasteiger partial charge is 0.228 e. The summed E-state index contributed by atoms with van der Waals surface area (Å²) in [5.41, 5.74) is 1.80. The Morgan fingerprint density at radius 2 is 2.13 bits per heavy atom. The van der Waals surface area contributed by atoms with Gasteiger partial charge in [-0.05, 0) is 49.2 Å². The van der Waals surface area contributed by atoms with E-state index < -0.39 is 0 Å². The van der Waals surface area contributed by atoms with Crippen LogP contribution in [-0.2, 0) is 11.3 Å². The van der Waals surface area contributed by atoms with Gasteiger partial charge in [-0.15, -0.1) is 0 Å². The van der Waals surface area contributed by atoms with Gasteiger partial charge in [-0.1, -0.05) is 12.1 Å². The number of rotatable bonds is 4. The number of anilines is 1. The highest BCUT2D eigenvalue weighted by molar-refractivity contribution is 5.92. The third-order valence-corrected chi connectivity index (χ3v) is 4.12. The first-order valence-corrected chi connectivity index (χ1v) is 7.88. The van der Waals surface area contributed by atoms with E-state index in [-0.39, 0.29) is 17.6 Å². The van der Waals surface area contributed by atoms with Gasteiger partial charge in [-0.3, -0.25) is 14.7 Å². The van der Waals surface area contributed by atoms with Crippen molar-refractivity contribution in [3.8, 4) is 0 Å². The van der Waals surface area contributed by atoms with Crippen LogP contribution in [0.5, 0.6) is 0 Å². The maximum Gasteiger partial charge on any atom is 0.228 e. The molecule has 0 bridgehead atoms. The van der Waals surface area contributed by atoms with Crippen molar-refractivity contribution < 1.29 is 9.18 Å². The number of carbonyl (C=O) groups excluding carboxylic acids is 1. The molecule has 1 aromatic heterocycles. The number of carbonyl (C=O) groups is 1. The molecular formula is C18H20FN3O. The zero-order valence-corrected chi connectivity index (χ0v) is 12.9. The van der Waals surface area contributed by atoms with Gasteiger partial charge in [-0.25, -0.2) is 4.39 Å². The summed E-state index contributed by atoms with van der Waals surface area (Å²) in [5, 5.41) is 2.93. The maximum absolute atomic E-state index is 13.0. The van der Waals surface area contributed by atoms with Crippen LogP contribution in [0.25, 0.3) is 0 Å². The van der Waals surface area contributed by atoms with Gasteiger partial charge in [0.2, 0.25) is 5.91 Å². The SMILES string of the molecule is O=C(Nc1cccnc1)C1CCCN(Cc2ccc(F)cc2)C1. The topological polar surface area (TPSA) is 45.2 Å². The lowest BCUT2D eigenvalue weighted by atomic mass is 9.96. The molecule has 0 saturated carbocycles. The lowest BCUT2D eigenvalue weighted by Gasteiger charge is -2.32. The van der Waals surface area contributed by atoms with E-state index in [9.17, 15) is 9.18 Å². The van der Waals surface area contributed by atoms with Crippen LogP contribution in [0.3, 0.4) is 0 Å². The highest BCUT2D eigenvalue weighted by Crippen LogP contribution is 2.20. The third kappa shape index (κ3) is 4.36. The van der Waals surface area contributed by atoms with Crippen LogP contribution in [0.1, 0.15) is 18.4 Å². The number of piperidine rings is 1. The fourth-order valence-corrected chi connectivity index (χ4v) is 2.94. The number of aromatic nitrogens is 1. The summed E-state index contributed by atoms with van der Waals surface area (Å²) < 4.78 is 13.0. The van der Waals surface area contributed by atoms with Crippen molar-refractivity contribution in [3.63, 3.8) is 0 Å². The Bertz CT molecular complexity index is 645.